The molecule has 1 amide bonds. The zero-order valence-corrected chi connectivity index (χ0v) is 13.2. The van der Waals surface area contributed by atoms with E-state index in [0.717, 1.165) is 19.3 Å². The molecule has 0 saturated heterocycles. The van der Waals surface area contributed by atoms with Gasteiger partial charge in [0.2, 0.25) is 0 Å². The molecule has 20 heavy (non-hydrogen) atoms. The molecule has 1 atom stereocenters. The summed E-state index contributed by atoms with van der Waals surface area (Å²) in [5.41, 5.74) is -0.618. The average Bonchev–Trinajstić information content (AvgIpc) is 2.29. The third-order valence-corrected chi connectivity index (χ3v) is 2.84. The van der Waals surface area contributed by atoms with Crippen LogP contribution < -0.4 is 5.32 Å². The van der Waals surface area contributed by atoms with E-state index < -0.39 is 23.7 Å². The molecule has 118 valence electrons. The molecule has 0 saturated carbocycles. The van der Waals surface area contributed by atoms with Crippen molar-refractivity contribution in [2.45, 2.75) is 84.3 Å². The molecular weight excluding hydrogens is 258 g/mol. The molecule has 0 aromatic rings. The number of carboxylic acid groups (broad SMARTS) is 1. The van der Waals surface area contributed by atoms with E-state index in [1.54, 1.807) is 20.8 Å². The molecule has 0 aromatic carbocycles. The number of carbonyl (C=O) groups is 2. The summed E-state index contributed by atoms with van der Waals surface area (Å²) in [6.45, 7) is 7.40. The summed E-state index contributed by atoms with van der Waals surface area (Å²) in [6.07, 6.45) is 6.30. The van der Waals surface area contributed by atoms with Crippen molar-refractivity contribution in [3.8, 4) is 0 Å². The van der Waals surface area contributed by atoms with Crippen LogP contribution in [-0.4, -0.2) is 28.8 Å². The number of hydrogen-bond donors (Lipinski definition) is 2. The predicted molar refractivity (Wildman–Crippen MR) is 78.8 cm³/mol. The molecule has 0 aromatic heterocycles. The van der Waals surface area contributed by atoms with Crippen LogP contribution in [0, 0.1) is 0 Å². The molecule has 0 radical (unpaired) electrons. The molecule has 0 aliphatic carbocycles. The van der Waals surface area contributed by atoms with Gasteiger partial charge in [0, 0.05) is 0 Å². The number of alkyl carbamates (subject to hydrolysis) is 1. The van der Waals surface area contributed by atoms with E-state index in [0.29, 0.717) is 6.42 Å². The second kappa shape index (κ2) is 9.61. The van der Waals surface area contributed by atoms with Gasteiger partial charge in [-0.25, -0.2) is 9.59 Å². The third-order valence-electron chi connectivity index (χ3n) is 2.84. The molecule has 0 unspecified atom stereocenters. The number of carboxylic acids is 1. The van der Waals surface area contributed by atoms with Gasteiger partial charge in [0.1, 0.15) is 11.6 Å². The van der Waals surface area contributed by atoms with Gasteiger partial charge >= 0.3 is 12.1 Å². The highest BCUT2D eigenvalue weighted by Crippen LogP contribution is 2.10. The fraction of sp³-hybridized carbons (Fsp3) is 0.867. The van der Waals surface area contributed by atoms with Crippen molar-refractivity contribution >= 4 is 12.1 Å². The Morgan fingerprint density at radius 3 is 2.15 bits per heavy atom. The standard InChI is InChI=1S/C15H29NO4/c1-5-6-7-8-9-10-11-12(13(17)18)16-14(19)20-15(2,3)4/h12H,5-11H2,1-4H3,(H,16,19)(H,17,18)/t12-/m0/s1. The predicted octanol–water partition coefficient (Wildman–Crippen LogP) is 3.71. The molecule has 0 rings (SSSR count). The minimum absolute atomic E-state index is 0.445. The Bertz CT molecular complexity index is 297. The molecule has 0 bridgehead atoms. The quantitative estimate of drug-likeness (QED) is 0.634. The second-order valence-corrected chi connectivity index (χ2v) is 6.09. The van der Waals surface area contributed by atoms with Crippen molar-refractivity contribution in [1.29, 1.82) is 0 Å². The molecule has 5 nitrogen and oxygen atoms in total. The van der Waals surface area contributed by atoms with Gasteiger partial charge in [-0.1, -0.05) is 45.4 Å². The minimum Gasteiger partial charge on any atom is -0.480 e. The highest BCUT2D eigenvalue weighted by atomic mass is 16.6. The minimum atomic E-state index is -1.01. The highest BCUT2D eigenvalue weighted by molar-refractivity contribution is 5.79. The first kappa shape index (κ1) is 18.7. The van der Waals surface area contributed by atoms with Crippen molar-refractivity contribution in [2.24, 2.45) is 0 Å². The average molecular weight is 287 g/mol. The Labute approximate surface area is 122 Å². The van der Waals surface area contributed by atoms with Crippen LogP contribution in [-0.2, 0) is 9.53 Å². The molecule has 0 spiro atoms. The van der Waals surface area contributed by atoms with Crippen LogP contribution in [0.4, 0.5) is 4.79 Å². The number of hydrogen-bond acceptors (Lipinski definition) is 3. The first-order chi connectivity index (χ1) is 9.26. The van der Waals surface area contributed by atoms with E-state index >= 15 is 0 Å². The second-order valence-electron chi connectivity index (χ2n) is 6.09. The van der Waals surface area contributed by atoms with Crippen LogP contribution in [0.1, 0.15) is 72.6 Å². The molecule has 2 N–H and O–H groups in total. The Kier molecular flexibility index (Phi) is 9.01. The molecule has 0 fully saturated rings. The topological polar surface area (TPSA) is 75.6 Å². The molecule has 0 heterocycles. The summed E-state index contributed by atoms with van der Waals surface area (Å²) >= 11 is 0. The van der Waals surface area contributed by atoms with Crippen LogP contribution in [0.2, 0.25) is 0 Å². The van der Waals surface area contributed by atoms with E-state index in [-0.39, 0.29) is 0 Å². The zero-order valence-electron chi connectivity index (χ0n) is 13.2. The lowest BCUT2D eigenvalue weighted by Gasteiger charge is -2.22. The van der Waals surface area contributed by atoms with Gasteiger partial charge in [0.25, 0.3) is 0 Å². The van der Waals surface area contributed by atoms with Crippen molar-refractivity contribution in [3.63, 3.8) is 0 Å². The molecule has 0 aliphatic heterocycles. The van der Waals surface area contributed by atoms with Crippen molar-refractivity contribution in [2.75, 3.05) is 0 Å². The van der Waals surface area contributed by atoms with E-state index in [9.17, 15) is 9.59 Å². The number of aliphatic carboxylic acids is 1. The maximum absolute atomic E-state index is 11.6. The van der Waals surface area contributed by atoms with Crippen molar-refractivity contribution < 1.29 is 19.4 Å². The largest absolute Gasteiger partial charge is 0.480 e. The number of unbranched alkanes of at least 4 members (excludes halogenated alkanes) is 5. The van der Waals surface area contributed by atoms with Gasteiger partial charge < -0.3 is 15.2 Å². The summed E-state index contributed by atoms with van der Waals surface area (Å²) in [7, 11) is 0. The van der Waals surface area contributed by atoms with Crippen LogP contribution in [0.15, 0.2) is 0 Å². The highest BCUT2D eigenvalue weighted by Gasteiger charge is 2.23. The van der Waals surface area contributed by atoms with Crippen LogP contribution >= 0.6 is 0 Å². The fourth-order valence-corrected chi connectivity index (χ4v) is 1.84. The lowest BCUT2D eigenvalue weighted by molar-refractivity contribution is -0.139. The lowest BCUT2D eigenvalue weighted by Crippen LogP contribution is -2.43. The van der Waals surface area contributed by atoms with Crippen molar-refractivity contribution in [1.82, 2.24) is 5.32 Å². The Morgan fingerprint density at radius 2 is 1.65 bits per heavy atom. The maximum Gasteiger partial charge on any atom is 0.408 e. The summed E-state index contributed by atoms with van der Waals surface area (Å²) in [4.78, 5) is 22.6. The number of ether oxygens (including phenoxy) is 1. The van der Waals surface area contributed by atoms with Gasteiger partial charge in [-0.05, 0) is 27.2 Å². The van der Waals surface area contributed by atoms with E-state index in [1.165, 1.54) is 19.3 Å². The van der Waals surface area contributed by atoms with Gasteiger partial charge in [-0.3, -0.25) is 0 Å². The van der Waals surface area contributed by atoms with Crippen molar-refractivity contribution in [3.05, 3.63) is 0 Å². The number of carbonyl (C=O) groups excluding carboxylic acids is 1. The third kappa shape index (κ3) is 10.6. The summed E-state index contributed by atoms with van der Waals surface area (Å²) < 4.78 is 5.06. The first-order valence-corrected chi connectivity index (χ1v) is 7.48. The maximum atomic E-state index is 11.6. The van der Waals surface area contributed by atoms with Crippen LogP contribution in [0.3, 0.4) is 0 Å². The van der Waals surface area contributed by atoms with E-state index in [2.05, 4.69) is 12.2 Å². The van der Waals surface area contributed by atoms with Gasteiger partial charge in [0.05, 0.1) is 0 Å². The number of amides is 1. The van der Waals surface area contributed by atoms with Gasteiger partial charge in [0.15, 0.2) is 0 Å². The normalized spacial score (nSPS) is 12.8. The van der Waals surface area contributed by atoms with E-state index in [4.69, 9.17) is 9.84 Å². The summed E-state index contributed by atoms with van der Waals surface area (Å²) in [6, 6.07) is -0.865. The Balaban J connectivity index is 3.99. The van der Waals surface area contributed by atoms with Crippen LogP contribution in [0.25, 0.3) is 0 Å². The summed E-state index contributed by atoms with van der Waals surface area (Å²) in [5, 5.41) is 11.5. The number of rotatable bonds is 9. The Hall–Kier alpha value is -1.26. The monoisotopic (exact) mass is 287 g/mol. The lowest BCUT2D eigenvalue weighted by atomic mass is 10.1. The molecule has 0 aliphatic rings. The molecular formula is C15H29NO4. The van der Waals surface area contributed by atoms with Gasteiger partial charge in [-0.2, -0.15) is 0 Å². The van der Waals surface area contributed by atoms with Gasteiger partial charge in [-0.15, -0.1) is 0 Å². The van der Waals surface area contributed by atoms with E-state index in [1.807, 2.05) is 0 Å². The summed E-state index contributed by atoms with van der Waals surface area (Å²) in [5.74, 6) is -1.01. The first-order valence-electron chi connectivity index (χ1n) is 7.48. The van der Waals surface area contributed by atoms with Crippen LogP contribution in [0.5, 0.6) is 0 Å². The Morgan fingerprint density at radius 1 is 1.10 bits per heavy atom. The molecule has 5 heteroatoms. The zero-order chi connectivity index (χ0) is 15.6. The smallest absolute Gasteiger partial charge is 0.408 e. The SMILES string of the molecule is CCCCCCCC[C@H](NC(=O)OC(C)(C)C)C(=O)O. The fourth-order valence-electron chi connectivity index (χ4n) is 1.84. The number of nitrogens with one attached hydrogen (secondary N) is 1.